The minimum absolute atomic E-state index is 0. The summed E-state index contributed by atoms with van der Waals surface area (Å²) in [7, 11) is 2.15. The summed E-state index contributed by atoms with van der Waals surface area (Å²) >= 11 is 4.24. The first kappa shape index (κ1) is 21.7. The summed E-state index contributed by atoms with van der Waals surface area (Å²) in [5, 5.41) is 0. The Balaban J connectivity index is 0. The van der Waals surface area contributed by atoms with E-state index in [4.69, 9.17) is 0 Å². The van der Waals surface area contributed by atoms with Crippen LogP contribution in [0.1, 0.15) is 31.9 Å². The SMILES string of the molecule is CC1=[N+](C)c2ccc(C)cc2C1(C)C.II.[CH3-].[Y]. The van der Waals surface area contributed by atoms with Gasteiger partial charge < -0.3 is 7.43 Å². The van der Waals surface area contributed by atoms with Gasteiger partial charge in [-0.1, -0.05) is 11.6 Å². The minimum atomic E-state index is 0. The van der Waals surface area contributed by atoms with Gasteiger partial charge in [0.15, 0.2) is 5.71 Å². The monoisotopic (exact) mass is 546 g/mol. The maximum atomic E-state index is 2.31. The van der Waals surface area contributed by atoms with Gasteiger partial charge in [-0.2, -0.15) is 0 Å². The van der Waals surface area contributed by atoms with Gasteiger partial charge in [0.25, 0.3) is 0 Å². The fourth-order valence-corrected chi connectivity index (χ4v) is 2.24. The van der Waals surface area contributed by atoms with Gasteiger partial charge in [0, 0.05) is 88.5 Å². The Kier molecular flexibility index (Phi) is 10.5. The molecule has 4 heteroatoms. The van der Waals surface area contributed by atoms with Gasteiger partial charge in [-0.3, -0.25) is 0 Å². The number of hydrogen-bond donors (Lipinski definition) is 0. The summed E-state index contributed by atoms with van der Waals surface area (Å²) in [6.07, 6.45) is 0. The van der Waals surface area contributed by atoms with Crippen molar-refractivity contribution in [3.63, 3.8) is 0 Å². The molecule has 99 valence electrons. The standard InChI is InChI=1S/C13H18N.CH3.I2.Y/c1-9-6-7-12-11(8-9)13(3,4)10(2)14(12)5;;1-2;/h6-8H,1-5H3;1H3;;/q+1;-1;;. The minimum Gasteiger partial charge on any atom is -0.358 e. The van der Waals surface area contributed by atoms with Crippen molar-refractivity contribution in [3.05, 3.63) is 36.8 Å². The Morgan fingerprint density at radius 2 is 1.61 bits per heavy atom. The molecule has 1 aliphatic heterocycles. The van der Waals surface area contributed by atoms with Gasteiger partial charge in [0.05, 0.1) is 5.41 Å². The number of benzene rings is 1. The van der Waals surface area contributed by atoms with Crippen molar-refractivity contribution in [1.29, 1.82) is 0 Å². The average molecular weight is 546 g/mol. The molecule has 1 aromatic carbocycles. The van der Waals surface area contributed by atoms with Crippen LogP contribution in [0.5, 0.6) is 0 Å². The van der Waals surface area contributed by atoms with E-state index in [1.165, 1.54) is 22.5 Å². The molecule has 1 nitrogen and oxygen atoms in total. The van der Waals surface area contributed by atoms with Crippen LogP contribution in [0.2, 0.25) is 0 Å². The Morgan fingerprint density at radius 1 is 1.11 bits per heavy atom. The first-order chi connectivity index (χ1) is 7.44. The maximum Gasteiger partial charge on any atom is 0.209 e. The van der Waals surface area contributed by atoms with Crippen molar-refractivity contribution in [2.45, 2.75) is 33.1 Å². The van der Waals surface area contributed by atoms with Gasteiger partial charge in [0.2, 0.25) is 5.69 Å². The zero-order chi connectivity index (χ0) is 12.5. The van der Waals surface area contributed by atoms with Crippen molar-refractivity contribution < 1.29 is 37.3 Å². The molecule has 1 radical (unpaired) electrons. The molecule has 0 saturated heterocycles. The Morgan fingerprint density at radius 3 is 2.11 bits per heavy atom. The van der Waals surface area contributed by atoms with Crippen LogP contribution < -0.4 is 0 Å². The summed E-state index contributed by atoms with van der Waals surface area (Å²) in [4.78, 5) is 0. The van der Waals surface area contributed by atoms with E-state index in [0.29, 0.717) is 0 Å². The second-order valence-electron chi connectivity index (χ2n) is 4.79. The van der Waals surface area contributed by atoms with Gasteiger partial charge >= 0.3 is 0 Å². The molecule has 1 aliphatic rings. The Hall–Kier alpha value is 1.45. The quantitative estimate of drug-likeness (QED) is 0.238. The number of fused-ring (bicyclic) bond motifs is 1. The molecule has 0 N–H and O–H groups in total. The van der Waals surface area contributed by atoms with Gasteiger partial charge in [0.1, 0.15) is 7.05 Å². The summed E-state index contributed by atoms with van der Waals surface area (Å²) < 4.78 is 2.30. The fraction of sp³-hybridized carbons (Fsp3) is 0.429. The van der Waals surface area contributed by atoms with E-state index in [9.17, 15) is 0 Å². The molecule has 2 rings (SSSR count). The van der Waals surface area contributed by atoms with E-state index >= 15 is 0 Å². The molecule has 0 fully saturated rings. The zero-order valence-corrected chi connectivity index (χ0v) is 19.2. The third-order valence-electron chi connectivity index (χ3n) is 3.59. The molecular weight excluding hydrogens is 525 g/mol. The number of aryl methyl sites for hydroxylation is 1. The third kappa shape index (κ3) is 3.98. The van der Waals surface area contributed by atoms with E-state index in [-0.39, 0.29) is 45.6 Å². The summed E-state index contributed by atoms with van der Waals surface area (Å²) in [6.45, 7) is 8.97. The summed E-state index contributed by atoms with van der Waals surface area (Å²) in [6, 6.07) is 6.72. The molecule has 0 bridgehead atoms. The number of halogens is 2. The maximum absolute atomic E-state index is 2.31. The molecule has 1 aromatic rings. The summed E-state index contributed by atoms with van der Waals surface area (Å²) in [5.41, 5.74) is 5.78. The zero-order valence-electron chi connectivity index (χ0n) is 12.0. The van der Waals surface area contributed by atoms with E-state index in [1.54, 1.807) is 0 Å². The van der Waals surface area contributed by atoms with Gasteiger partial charge in [-0.05, 0) is 26.8 Å². The van der Waals surface area contributed by atoms with Crippen LogP contribution in [0, 0.1) is 14.4 Å². The smallest absolute Gasteiger partial charge is 0.209 e. The van der Waals surface area contributed by atoms with Crippen molar-refractivity contribution in [3.8, 4) is 0 Å². The van der Waals surface area contributed by atoms with E-state index in [2.05, 4.69) is 94.7 Å². The molecule has 0 spiro atoms. The topological polar surface area (TPSA) is 3.01 Å². The van der Waals surface area contributed by atoms with E-state index in [0.717, 1.165) is 0 Å². The number of nitrogens with zero attached hydrogens (tertiary/aromatic N) is 1. The molecule has 0 unspecified atom stereocenters. The average Bonchev–Trinajstić information content (AvgIpc) is 2.44. The largest absolute Gasteiger partial charge is 0.358 e. The van der Waals surface area contributed by atoms with Gasteiger partial charge in [-0.15, -0.1) is 0 Å². The van der Waals surface area contributed by atoms with Crippen molar-refractivity contribution in [2.24, 2.45) is 0 Å². The molecule has 18 heavy (non-hydrogen) atoms. The second kappa shape index (κ2) is 8.68. The molecule has 0 aliphatic carbocycles. The van der Waals surface area contributed by atoms with Crippen LogP contribution in [0.3, 0.4) is 0 Å². The normalized spacial score (nSPS) is 14.8. The van der Waals surface area contributed by atoms with E-state index < -0.39 is 0 Å². The molecule has 1 heterocycles. The van der Waals surface area contributed by atoms with Crippen LogP contribution in [-0.2, 0) is 38.1 Å². The van der Waals surface area contributed by atoms with Crippen molar-refractivity contribution in [1.82, 2.24) is 0 Å². The second-order valence-corrected chi connectivity index (χ2v) is 4.79. The predicted molar refractivity (Wildman–Crippen MR) is 95.2 cm³/mol. The number of hydrogen-bond acceptors (Lipinski definition) is 0. The van der Waals surface area contributed by atoms with Crippen LogP contribution in [-0.4, -0.2) is 17.3 Å². The van der Waals surface area contributed by atoms with Gasteiger partial charge in [-0.25, -0.2) is 4.58 Å². The summed E-state index contributed by atoms with van der Waals surface area (Å²) in [5.74, 6) is 0. The molecule has 0 saturated carbocycles. The molecule has 0 atom stereocenters. The van der Waals surface area contributed by atoms with E-state index in [1.807, 2.05) is 0 Å². The third-order valence-corrected chi connectivity index (χ3v) is 3.59. The first-order valence-electron chi connectivity index (χ1n) is 5.28. The first-order valence-corrected chi connectivity index (χ1v) is 11.6. The Labute approximate surface area is 160 Å². The van der Waals surface area contributed by atoms with Crippen LogP contribution in [0.4, 0.5) is 5.69 Å². The molecule has 0 aromatic heterocycles. The number of rotatable bonds is 0. The van der Waals surface area contributed by atoms with Crippen LogP contribution in [0.15, 0.2) is 18.2 Å². The van der Waals surface area contributed by atoms with Crippen LogP contribution >= 0.6 is 37.2 Å². The van der Waals surface area contributed by atoms with Crippen molar-refractivity contribution in [2.75, 3.05) is 7.05 Å². The molecular formula is C14H21I2NY. The molecule has 0 amide bonds. The predicted octanol–water partition coefficient (Wildman–Crippen LogP) is 5.24. The van der Waals surface area contributed by atoms with Crippen molar-refractivity contribution >= 4 is 48.6 Å². The fourth-order valence-electron chi connectivity index (χ4n) is 2.24. The Bertz CT molecular complexity index is 439. The van der Waals surface area contributed by atoms with Crippen LogP contribution in [0.25, 0.3) is 0 Å².